The predicted molar refractivity (Wildman–Crippen MR) is 135 cm³/mol. The van der Waals surface area contributed by atoms with Gasteiger partial charge in [-0.2, -0.15) is 9.40 Å². The van der Waals surface area contributed by atoms with E-state index < -0.39 is 21.5 Å². The molecular weight excluding hydrogens is 480 g/mol. The normalized spacial score (nSPS) is 15.0. The van der Waals surface area contributed by atoms with Crippen molar-refractivity contribution in [2.24, 2.45) is 0 Å². The van der Waals surface area contributed by atoms with Crippen LogP contribution in [-0.4, -0.2) is 51.1 Å². The molecule has 1 aliphatic rings. The lowest BCUT2D eigenvalue weighted by atomic mass is 10.2. The fraction of sp³-hybridized carbons (Fsp3) is 0.280. The lowest BCUT2D eigenvalue weighted by Gasteiger charge is -2.20. The summed E-state index contributed by atoms with van der Waals surface area (Å²) in [5.74, 6) is -0.474. The van der Waals surface area contributed by atoms with Crippen LogP contribution in [0.15, 0.2) is 76.8 Å². The first kappa shape index (κ1) is 23.9. The minimum atomic E-state index is -3.65. The zero-order valence-corrected chi connectivity index (χ0v) is 20.4. The number of hydrogen-bond donors (Lipinski definition) is 1. The summed E-state index contributed by atoms with van der Waals surface area (Å²) in [7, 11) is -3.65. The van der Waals surface area contributed by atoms with Crippen LogP contribution in [0.1, 0.15) is 25.7 Å². The second kappa shape index (κ2) is 10.0. The molecule has 0 bridgehead atoms. The highest BCUT2D eigenvalue weighted by atomic mass is 32.2. The molecule has 1 fully saturated rings. The molecule has 0 spiro atoms. The van der Waals surface area contributed by atoms with Crippen LogP contribution in [0.4, 0.5) is 5.69 Å². The van der Waals surface area contributed by atoms with Gasteiger partial charge in [-0.1, -0.05) is 37.1 Å². The average Bonchev–Trinajstić information content (AvgIpc) is 3.12. The number of nitrogens with zero attached hydrogens (tertiary/aromatic N) is 5. The Bertz CT molecular complexity index is 1550. The van der Waals surface area contributed by atoms with Crippen molar-refractivity contribution in [2.75, 3.05) is 18.4 Å². The van der Waals surface area contributed by atoms with Gasteiger partial charge in [0.25, 0.3) is 5.56 Å². The standard InChI is InChI=1S/C25H26N6O4S/c32-23(28-19-9-8-12-21(15-19)36(34,35)30-13-6-1-2-7-14-30)17-29-18-26-24-22(25(29)33)16-27-31(24)20-10-4-3-5-11-20/h3-5,8-12,15-16,18H,1-2,6-7,13-14,17H2,(H,28,32). The largest absolute Gasteiger partial charge is 0.324 e. The number of carbonyl (C=O) groups is 1. The molecule has 0 atom stereocenters. The molecule has 5 rings (SSSR count). The van der Waals surface area contributed by atoms with E-state index in [0.717, 1.165) is 31.4 Å². The Morgan fingerprint density at radius 1 is 0.972 bits per heavy atom. The lowest BCUT2D eigenvalue weighted by Crippen LogP contribution is -2.32. The van der Waals surface area contributed by atoms with E-state index in [2.05, 4.69) is 15.4 Å². The van der Waals surface area contributed by atoms with Crippen LogP contribution in [0.3, 0.4) is 0 Å². The number of benzene rings is 2. The van der Waals surface area contributed by atoms with Crippen molar-refractivity contribution < 1.29 is 13.2 Å². The minimum Gasteiger partial charge on any atom is -0.324 e. The Labute approximate surface area is 208 Å². The van der Waals surface area contributed by atoms with Gasteiger partial charge in [0.05, 0.1) is 16.8 Å². The highest BCUT2D eigenvalue weighted by Gasteiger charge is 2.25. The first-order valence-corrected chi connectivity index (χ1v) is 13.3. The first-order valence-electron chi connectivity index (χ1n) is 11.8. The summed E-state index contributed by atoms with van der Waals surface area (Å²) in [6.45, 7) is 0.720. The number of amides is 1. The quantitative estimate of drug-likeness (QED) is 0.430. The molecule has 1 saturated heterocycles. The maximum absolute atomic E-state index is 13.1. The number of aromatic nitrogens is 4. The molecule has 4 aromatic rings. The SMILES string of the molecule is O=C(Cn1cnc2c(cnn2-c2ccccc2)c1=O)Nc1cccc(S(=O)(=O)N2CCCCCC2)c1. The zero-order chi connectivity index (χ0) is 25.1. The number of fused-ring (bicyclic) bond motifs is 1. The van der Waals surface area contributed by atoms with Crippen molar-refractivity contribution in [3.05, 3.63) is 77.5 Å². The smallest absolute Gasteiger partial charge is 0.264 e. The topological polar surface area (TPSA) is 119 Å². The Kier molecular flexibility index (Phi) is 6.66. The third-order valence-corrected chi connectivity index (χ3v) is 8.08. The van der Waals surface area contributed by atoms with Crippen molar-refractivity contribution in [3.63, 3.8) is 0 Å². The van der Waals surface area contributed by atoms with Crippen molar-refractivity contribution in [1.29, 1.82) is 0 Å². The fourth-order valence-electron chi connectivity index (χ4n) is 4.34. The third-order valence-electron chi connectivity index (χ3n) is 6.19. The number of carbonyl (C=O) groups excluding carboxylic acids is 1. The van der Waals surface area contributed by atoms with Crippen LogP contribution in [0.5, 0.6) is 0 Å². The average molecular weight is 507 g/mol. The summed E-state index contributed by atoms with van der Waals surface area (Å²) in [6, 6.07) is 15.5. The number of sulfonamides is 1. The lowest BCUT2D eigenvalue weighted by molar-refractivity contribution is -0.116. The highest BCUT2D eigenvalue weighted by molar-refractivity contribution is 7.89. The van der Waals surface area contributed by atoms with E-state index in [0.29, 0.717) is 29.8 Å². The molecule has 2 aromatic carbocycles. The van der Waals surface area contributed by atoms with Crippen LogP contribution in [0.2, 0.25) is 0 Å². The Morgan fingerprint density at radius 3 is 2.47 bits per heavy atom. The fourth-order valence-corrected chi connectivity index (χ4v) is 5.90. The second-order valence-electron chi connectivity index (χ2n) is 8.70. The molecule has 11 heteroatoms. The summed E-state index contributed by atoms with van der Waals surface area (Å²) in [4.78, 5) is 30.2. The molecule has 1 N–H and O–H groups in total. The molecule has 0 radical (unpaired) electrons. The highest BCUT2D eigenvalue weighted by Crippen LogP contribution is 2.23. The molecule has 36 heavy (non-hydrogen) atoms. The van der Waals surface area contributed by atoms with Gasteiger partial charge in [-0.05, 0) is 43.2 Å². The molecule has 1 aliphatic heterocycles. The Balaban J connectivity index is 1.33. The summed E-state index contributed by atoms with van der Waals surface area (Å²) < 4.78 is 30.5. The number of rotatable bonds is 6. The van der Waals surface area contributed by atoms with E-state index in [1.807, 2.05) is 30.3 Å². The molecule has 186 valence electrons. The summed E-state index contributed by atoms with van der Waals surface area (Å²) >= 11 is 0. The third kappa shape index (κ3) is 4.79. The van der Waals surface area contributed by atoms with E-state index in [9.17, 15) is 18.0 Å². The van der Waals surface area contributed by atoms with E-state index in [4.69, 9.17) is 0 Å². The van der Waals surface area contributed by atoms with Gasteiger partial charge in [-0.15, -0.1) is 0 Å². The van der Waals surface area contributed by atoms with Gasteiger partial charge in [0.15, 0.2) is 5.65 Å². The number of anilines is 1. The molecule has 3 heterocycles. The molecule has 0 aliphatic carbocycles. The van der Waals surface area contributed by atoms with Gasteiger partial charge in [0, 0.05) is 18.8 Å². The summed E-state index contributed by atoms with van der Waals surface area (Å²) in [6.07, 6.45) is 6.47. The summed E-state index contributed by atoms with van der Waals surface area (Å²) in [5, 5.41) is 7.26. The van der Waals surface area contributed by atoms with Gasteiger partial charge in [-0.3, -0.25) is 14.2 Å². The second-order valence-corrected chi connectivity index (χ2v) is 10.6. The monoisotopic (exact) mass is 506 g/mol. The van der Waals surface area contributed by atoms with E-state index in [-0.39, 0.29) is 11.4 Å². The van der Waals surface area contributed by atoms with Gasteiger partial charge in [-0.25, -0.2) is 18.1 Å². The van der Waals surface area contributed by atoms with Gasteiger partial charge >= 0.3 is 0 Å². The van der Waals surface area contributed by atoms with Gasteiger partial charge in [0.2, 0.25) is 15.9 Å². The zero-order valence-electron chi connectivity index (χ0n) is 19.6. The van der Waals surface area contributed by atoms with E-state index in [1.165, 1.54) is 33.5 Å². The van der Waals surface area contributed by atoms with E-state index >= 15 is 0 Å². The van der Waals surface area contributed by atoms with Crippen molar-refractivity contribution in [1.82, 2.24) is 23.6 Å². The van der Waals surface area contributed by atoms with Gasteiger partial charge in [0.1, 0.15) is 18.3 Å². The van der Waals surface area contributed by atoms with Crippen LogP contribution in [0, 0.1) is 0 Å². The van der Waals surface area contributed by atoms with Crippen molar-refractivity contribution in [2.45, 2.75) is 37.1 Å². The molecular formula is C25H26N6O4S. The van der Waals surface area contributed by atoms with Crippen LogP contribution >= 0.6 is 0 Å². The molecule has 2 aromatic heterocycles. The van der Waals surface area contributed by atoms with Crippen LogP contribution < -0.4 is 10.9 Å². The number of hydrogen-bond acceptors (Lipinski definition) is 6. The molecule has 0 saturated carbocycles. The minimum absolute atomic E-state index is 0.135. The van der Waals surface area contributed by atoms with Crippen molar-refractivity contribution >= 4 is 32.7 Å². The van der Waals surface area contributed by atoms with Crippen molar-refractivity contribution in [3.8, 4) is 5.69 Å². The molecule has 10 nitrogen and oxygen atoms in total. The number of nitrogens with one attached hydrogen (secondary N) is 1. The Morgan fingerprint density at radius 2 is 1.72 bits per heavy atom. The maximum Gasteiger partial charge on any atom is 0.264 e. The van der Waals surface area contributed by atoms with Crippen LogP contribution in [-0.2, 0) is 21.4 Å². The van der Waals surface area contributed by atoms with E-state index in [1.54, 1.807) is 16.8 Å². The Hall–Kier alpha value is -3.83. The maximum atomic E-state index is 13.1. The first-order chi connectivity index (χ1) is 17.4. The molecule has 1 amide bonds. The van der Waals surface area contributed by atoms with Crippen LogP contribution in [0.25, 0.3) is 16.7 Å². The predicted octanol–water partition coefficient (Wildman–Crippen LogP) is 2.79. The number of para-hydroxylation sites is 1. The summed E-state index contributed by atoms with van der Waals surface area (Å²) in [5.41, 5.74) is 1.11. The van der Waals surface area contributed by atoms with Gasteiger partial charge < -0.3 is 5.32 Å². The molecule has 0 unspecified atom stereocenters.